The van der Waals surface area contributed by atoms with Crippen LogP contribution in [0.5, 0.6) is 0 Å². The van der Waals surface area contributed by atoms with Gasteiger partial charge in [-0.3, -0.25) is 14.9 Å². The summed E-state index contributed by atoms with van der Waals surface area (Å²) in [5.41, 5.74) is 4.78. The molecule has 24 heavy (non-hydrogen) atoms. The van der Waals surface area contributed by atoms with Crippen LogP contribution in [0.2, 0.25) is 0 Å². The first kappa shape index (κ1) is 20.8. The molecule has 0 amide bonds. The number of halogens is 2. The number of rotatable bonds is 4. The molecule has 0 saturated carbocycles. The fraction of sp³-hybridized carbons (Fsp3) is 0.444. The first-order chi connectivity index (χ1) is 10.8. The number of hydrogen-bond donors (Lipinski definition) is 1. The molecule has 1 aromatic carbocycles. The van der Waals surface area contributed by atoms with Crippen molar-refractivity contribution in [2.45, 2.75) is 32.9 Å². The molecule has 0 bridgehead atoms. The second-order valence-electron chi connectivity index (χ2n) is 5.93. The van der Waals surface area contributed by atoms with Gasteiger partial charge < -0.3 is 5.32 Å². The van der Waals surface area contributed by atoms with Crippen molar-refractivity contribution in [3.63, 3.8) is 0 Å². The van der Waals surface area contributed by atoms with Gasteiger partial charge in [-0.25, -0.2) is 0 Å². The van der Waals surface area contributed by atoms with E-state index in [0.717, 1.165) is 44.0 Å². The van der Waals surface area contributed by atoms with Crippen LogP contribution in [0.25, 0.3) is 0 Å². The van der Waals surface area contributed by atoms with Gasteiger partial charge in [-0.1, -0.05) is 31.2 Å². The summed E-state index contributed by atoms with van der Waals surface area (Å²) >= 11 is 0. The summed E-state index contributed by atoms with van der Waals surface area (Å²) in [6.45, 7) is 8.08. The molecule has 6 heteroatoms. The topological polar surface area (TPSA) is 41.0 Å². The summed E-state index contributed by atoms with van der Waals surface area (Å²) in [6, 6.07) is 9.43. The number of piperazine rings is 1. The van der Waals surface area contributed by atoms with Crippen LogP contribution in [0, 0.1) is 6.92 Å². The Balaban J connectivity index is 0.00000144. The fourth-order valence-electron chi connectivity index (χ4n) is 2.95. The third kappa shape index (κ3) is 5.15. The van der Waals surface area contributed by atoms with E-state index in [1.165, 1.54) is 11.1 Å². The molecule has 1 aromatic heterocycles. The van der Waals surface area contributed by atoms with E-state index >= 15 is 0 Å². The molecule has 2 aromatic rings. The number of nitrogens with zero attached hydrogens (tertiary/aromatic N) is 3. The molecule has 1 aliphatic heterocycles. The molecule has 4 nitrogen and oxygen atoms in total. The summed E-state index contributed by atoms with van der Waals surface area (Å²) in [5, 5.41) is 3.51. The third-order valence-corrected chi connectivity index (χ3v) is 4.33. The number of nitrogens with one attached hydrogen (secondary N) is 1. The van der Waals surface area contributed by atoms with Crippen molar-refractivity contribution in [3.05, 3.63) is 59.2 Å². The van der Waals surface area contributed by atoms with E-state index in [4.69, 9.17) is 0 Å². The van der Waals surface area contributed by atoms with Crippen molar-refractivity contribution in [2.24, 2.45) is 0 Å². The normalized spacial score (nSPS) is 17.7. The molecule has 0 radical (unpaired) electrons. The van der Waals surface area contributed by atoms with Gasteiger partial charge in [0, 0.05) is 44.6 Å². The van der Waals surface area contributed by atoms with Gasteiger partial charge in [-0.2, -0.15) is 0 Å². The second-order valence-corrected chi connectivity index (χ2v) is 5.93. The van der Waals surface area contributed by atoms with Gasteiger partial charge in [-0.15, -0.1) is 24.8 Å². The Morgan fingerprint density at radius 3 is 2.50 bits per heavy atom. The van der Waals surface area contributed by atoms with E-state index in [9.17, 15) is 0 Å². The summed E-state index contributed by atoms with van der Waals surface area (Å²) < 4.78 is 0. The van der Waals surface area contributed by atoms with Gasteiger partial charge >= 0.3 is 0 Å². The van der Waals surface area contributed by atoms with Crippen molar-refractivity contribution in [2.75, 3.05) is 19.6 Å². The molecule has 1 fully saturated rings. The quantitative estimate of drug-likeness (QED) is 0.898. The van der Waals surface area contributed by atoms with E-state index in [0.29, 0.717) is 6.04 Å². The maximum absolute atomic E-state index is 4.50. The van der Waals surface area contributed by atoms with Gasteiger partial charge in [0.05, 0.1) is 11.4 Å². The Labute approximate surface area is 156 Å². The van der Waals surface area contributed by atoms with Gasteiger partial charge in [0.15, 0.2) is 0 Å². The fourth-order valence-corrected chi connectivity index (χ4v) is 2.95. The lowest BCUT2D eigenvalue weighted by Crippen LogP contribution is -2.45. The SMILES string of the molecule is CCc1ccc(C2CNCCN2Cc2cnc(C)cn2)cc1.Cl.Cl. The highest BCUT2D eigenvalue weighted by atomic mass is 35.5. The second kappa shape index (κ2) is 9.94. The van der Waals surface area contributed by atoms with Gasteiger partial charge in [-0.05, 0) is 24.5 Å². The highest BCUT2D eigenvalue weighted by Gasteiger charge is 2.24. The Morgan fingerprint density at radius 2 is 1.88 bits per heavy atom. The average molecular weight is 369 g/mol. The van der Waals surface area contributed by atoms with Crippen LogP contribution < -0.4 is 5.32 Å². The molecule has 2 heterocycles. The standard InChI is InChI=1S/C18H24N4.2ClH/c1-3-15-4-6-16(7-5-15)18-12-19-8-9-22(18)13-17-11-20-14(2)10-21-17;;/h4-7,10-11,18-19H,3,8-9,12-13H2,1-2H3;2*1H. The van der Waals surface area contributed by atoms with Gasteiger partial charge in [0.1, 0.15) is 0 Å². The number of aryl methyl sites for hydroxylation is 2. The largest absolute Gasteiger partial charge is 0.314 e. The lowest BCUT2D eigenvalue weighted by Gasteiger charge is -2.36. The van der Waals surface area contributed by atoms with E-state index in [2.05, 4.69) is 51.4 Å². The van der Waals surface area contributed by atoms with Crippen molar-refractivity contribution in [1.82, 2.24) is 20.2 Å². The minimum atomic E-state index is 0. The van der Waals surface area contributed by atoms with Crippen LogP contribution in [0.15, 0.2) is 36.7 Å². The van der Waals surface area contributed by atoms with Gasteiger partial charge in [0.25, 0.3) is 0 Å². The molecule has 3 rings (SSSR count). The Morgan fingerprint density at radius 1 is 1.12 bits per heavy atom. The van der Waals surface area contributed by atoms with Crippen LogP contribution in [0.1, 0.15) is 35.5 Å². The zero-order valence-corrected chi connectivity index (χ0v) is 15.9. The van der Waals surface area contributed by atoms with Crippen molar-refractivity contribution < 1.29 is 0 Å². The number of hydrogen-bond acceptors (Lipinski definition) is 4. The molecule has 1 saturated heterocycles. The average Bonchev–Trinajstić information content (AvgIpc) is 2.58. The lowest BCUT2D eigenvalue weighted by atomic mass is 10.0. The molecule has 0 aliphatic carbocycles. The maximum Gasteiger partial charge on any atom is 0.0727 e. The van der Waals surface area contributed by atoms with Crippen molar-refractivity contribution >= 4 is 24.8 Å². The Kier molecular flexibility index (Phi) is 8.63. The third-order valence-electron chi connectivity index (χ3n) is 4.33. The molecule has 132 valence electrons. The monoisotopic (exact) mass is 368 g/mol. The van der Waals surface area contributed by atoms with Crippen LogP contribution in [-0.2, 0) is 13.0 Å². The maximum atomic E-state index is 4.50. The van der Waals surface area contributed by atoms with Crippen molar-refractivity contribution in [3.8, 4) is 0 Å². The molecule has 1 unspecified atom stereocenters. The smallest absolute Gasteiger partial charge is 0.0727 e. The predicted molar refractivity (Wildman–Crippen MR) is 103 cm³/mol. The van der Waals surface area contributed by atoms with Gasteiger partial charge in [0.2, 0.25) is 0 Å². The van der Waals surface area contributed by atoms with Crippen LogP contribution in [-0.4, -0.2) is 34.5 Å². The van der Waals surface area contributed by atoms with E-state index in [1.54, 1.807) is 0 Å². The van der Waals surface area contributed by atoms with E-state index in [-0.39, 0.29) is 24.8 Å². The highest BCUT2D eigenvalue weighted by molar-refractivity contribution is 5.85. The first-order valence-corrected chi connectivity index (χ1v) is 8.07. The van der Waals surface area contributed by atoms with Crippen LogP contribution in [0.3, 0.4) is 0 Å². The summed E-state index contributed by atoms with van der Waals surface area (Å²) in [5.74, 6) is 0. The number of benzene rings is 1. The predicted octanol–water partition coefficient (Wildman–Crippen LogP) is 3.34. The zero-order chi connectivity index (χ0) is 15.4. The Hall–Kier alpha value is -1.20. The summed E-state index contributed by atoms with van der Waals surface area (Å²) in [7, 11) is 0. The molecule has 1 aliphatic rings. The van der Waals surface area contributed by atoms with E-state index < -0.39 is 0 Å². The Bertz CT molecular complexity index is 601. The first-order valence-electron chi connectivity index (χ1n) is 8.07. The minimum Gasteiger partial charge on any atom is -0.314 e. The highest BCUT2D eigenvalue weighted by Crippen LogP contribution is 2.24. The van der Waals surface area contributed by atoms with Crippen LogP contribution >= 0.6 is 24.8 Å². The minimum absolute atomic E-state index is 0. The molecular formula is C18H26Cl2N4. The van der Waals surface area contributed by atoms with Crippen LogP contribution in [0.4, 0.5) is 0 Å². The number of aromatic nitrogens is 2. The molecular weight excluding hydrogens is 343 g/mol. The lowest BCUT2D eigenvalue weighted by molar-refractivity contribution is 0.151. The molecule has 1 N–H and O–H groups in total. The summed E-state index contributed by atoms with van der Waals surface area (Å²) in [6.07, 6.45) is 4.84. The zero-order valence-electron chi connectivity index (χ0n) is 14.2. The van der Waals surface area contributed by atoms with E-state index in [1.807, 2.05) is 19.3 Å². The molecule has 0 spiro atoms. The molecule has 1 atom stereocenters. The van der Waals surface area contributed by atoms with Crippen molar-refractivity contribution in [1.29, 1.82) is 0 Å². The summed E-state index contributed by atoms with van der Waals surface area (Å²) in [4.78, 5) is 11.4.